The monoisotopic (exact) mass is 993 g/mol. The lowest BCUT2D eigenvalue weighted by Gasteiger charge is -2.49. The standard InChI is InChI=1S/C28H12BF16O4.C18H35N/c1-46-25-5(9(30)13(34)17(38)21(25)42)29(6-10(31)14(35)18(39)22(43)26(6)47-2,7-11(32)15(36)19(40)23(44)27(7)48-3)8-12(33)16(37)20(41)24(45)28(8)49-4;1-15(2)17(11-7-5-8-12-17)19-18(16(3)4)13-9-6-10-14-18/h1-4H3;15-16,19H,5-14H2,1-4H3/q-1;/p+1. The summed E-state index contributed by atoms with van der Waals surface area (Å²) in [5.74, 6) is -55.0. The molecule has 4 aromatic carbocycles. The smallest absolute Gasteiger partial charge is 0.201 e. The van der Waals surface area contributed by atoms with Gasteiger partial charge in [-0.25, -0.2) is 52.7 Å². The maximum atomic E-state index is 16.3. The van der Waals surface area contributed by atoms with Crippen molar-refractivity contribution in [3.8, 4) is 23.0 Å². The molecule has 0 amide bonds. The van der Waals surface area contributed by atoms with E-state index in [1.807, 2.05) is 0 Å². The first-order chi connectivity index (χ1) is 31.9. The highest BCUT2D eigenvalue weighted by Crippen LogP contribution is 2.40. The highest BCUT2D eigenvalue weighted by Gasteiger charge is 2.53. The largest absolute Gasteiger partial charge is 0.497 e. The molecule has 0 atom stereocenters. The summed E-state index contributed by atoms with van der Waals surface area (Å²) in [6, 6.07) is 0. The molecule has 0 saturated heterocycles. The van der Waals surface area contributed by atoms with E-state index >= 15 is 52.7 Å². The lowest BCUT2D eigenvalue weighted by molar-refractivity contribution is -0.806. The minimum absolute atomic E-state index is 0.220. The van der Waals surface area contributed by atoms with Gasteiger partial charge in [0.2, 0.25) is 46.5 Å². The summed E-state index contributed by atoms with van der Waals surface area (Å²) in [5.41, 5.74) is -9.25. The Hall–Kier alpha value is -5.02. The molecule has 0 heterocycles. The third kappa shape index (κ3) is 8.47. The van der Waals surface area contributed by atoms with Crippen LogP contribution in [0, 0.1) is 105 Å². The predicted octanol–water partition coefficient (Wildman–Crippen LogP) is 9.59. The average molecular weight is 994 g/mol. The number of ether oxygens (including phenoxy) is 4. The van der Waals surface area contributed by atoms with E-state index in [1.165, 1.54) is 64.2 Å². The summed E-state index contributed by atoms with van der Waals surface area (Å²) in [5, 5.41) is 2.91. The molecular weight excluding hydrogens is 945 g/mol. The maximum Gasteiger partial charge on any atom is 0.201 e. The van der Waals surface area contributed by atoms with Crippen molar-refractivity contribution in [2.75, 3.05) is 28.4 Å². The van der Waals surface area contributed by atoms with Crippen LogP contribution in [0.4, 0.5) is 70.2 Å². The van der Waals surface area contributed by atoms with E-state index in [4.69, 9.17) is 0 Å². The van der Waals surface area contributed by atoms with Gasteiger partial charge in [0.25, 0.3) is 0 Å². The summed E-state index contributed by atoms with van der Waals surface area (Å²) in [7, 11) is 0.880. The molecule has 2 saturated carbocycles. The highest BCUT2D eigenvalue weighted by molar-refractivity contribution is 7.21. The molecular formula is C46H48BF16NO4. The SMILES string of the molecule is CC(C)C1([NH2+]C2(C(C)C)CCCCC2)CCCCC1.COc1c(F)c(F)c(F)c(F)c1[B-](c1c(F)c(F)c(F)c(F)c1OC)(c1c(F)c(F)c(F)c(F)c1OC)c1c(F)c(F)c(F)c(F)c1OC. The Morgan fingerprint density at radius 1 is 0.324 bits per heavy atom. The van der Waals surface area contributed by atoms with Gasteiger partial charge < -0.3 is 24.3 Å². The minimum Gasteiger partial charge on any atom is -0.497 e. The molecule has 0 aliphatic heterocycles. The second kappa shape index (κ2) is 20.5. The van der Waals surface area contributed by atoms with Crippen molar-refractivity contribution in [3.05, 3.63) is 93.1 Å². The molecule has 0 aromatic heterocycles. The van der Waals surface area contributed by atoms with E-state index < -0.39 is 144 Å². The zero-order valence-corrected chi connectivity index (χ0v) is 38.1. The fourth-order valence-corrected chi connectivity index (χ4v) is 10.5. The Morgan fingerprint density at radius 3 is 0.691 bits per heavy atom. The molecule has 68 heavy (non-hydrogen) atoms. The first-order valence-electron chi connectivity index (χ1n) is 21.5. The maximum absolute atomic E-state index is 16.3. The van der Waals surface area contributed by atoms with Crippen molar-refractivity contribution < 1.29 is 94.5 Å². The van der Waals surface area contributed by atoms with Gasteiger partial charge >= 0.3 is 0 Å². The molecule has 5 nitrogen and oxygen atoms in total. The van der Waals surface area contributed by atoms with Crippen LogP contribution >= 0.6 is 0 Å². The van der Waals surface area contributed by atoms with Gasteiger partial charge in [-0.3, -0.25) is 0 Å². The molecule has 0 bridgehead atoms. The van der Waals surface area contributed by atoms with Gasteiger partial charge in [-0.1, -0.05) is 40.5 Å². The van der Waals surface area contributed by atoms with Crippen LogP contribution < -0.4 is 46.1 Å². The summed E-state index contributed by atoms with van der Waals surface area (Å²) >= 11 is 0. The fraction of sp³-hybridized carbons (Fsp3) is 0.478. The van der Waals surface area contributed by atoms with Gasteiger partial charge in [0, 0.05) is 37.5 Å². The first kappa shape index (κ1) is 53.9. The number of halogens is 16. The molecule has 22 heteroatoms. The molecule has 6 rings (SSSR count). The summed E-state index contributed by atoms with van der Waals surface area (Å²) in [6.07, 6.45) is 8.36. The molecule has 0 spiro atoms. The van der Waals surface area contributed by atoms with E-state index in [1.54, 1.807) is 0 Å². The van der Waals surface area contributed by atoms with Gasteiger partial charge in [0.05, 0.1) is 39.5 Å². The number of rotatable bonds is 12. The van der Waals surface area contributed by atoms with Crippen LogP contribution in [0.1, 0.15) is 91.9 Å². The lowest BCUT2D eigenvalue weighted by atomic mass is 9.12. The third-order valence-electron chi connectivity index (χ3n) is 14.0. The number of hydrogen-bond acceptors (Lipinski definition) is 4. The highest BCUT2D eigenvalue weighted by atomic mass is 19.2. The van der Waals surface area contributed by atoms with Crippen LogP contribution in [0.3, 0.4) is 0 Å². The number of quaternary nitrogens is 1. The summed E-state index contributed by atoms with van der Waals surface area (Å²) in [4.78, 5) is 0. The summed E-state index contributed by atoms with van der Waals surface area (Å²) in [6.45, 7) is 9.88. The Morgan fingerprint density at radius 2 is 0.515 bits per heavy atom. The number of benzene rings is 4. The molecule has 2 N–H and O–H groups in total. The molecule has 376 valence electrons. The average Bonchev–Trinajstić information content (AvgIpc) is 3.32. The Balaban J connectivity index is 0.000000377. The quantitative estimate of drug-likeness (QED) is 0.0666. The van der Waals surface area contributed by atoms with Gasteiger partial charge in [-0.2, -0.15) is 17.6 Å². The second-order valence-corrected chi connectivity index (χ2v) is 17.7. The molecule has 0 radical (unpaired) electrons. The lowest BCUT2D eigenvalue weighted by Crippen LogP contribution is -3.08. The van der Waals surface area contributed by atoms with Crippen LogP contribution in [-0.4, -0.2) is 45.7 Å². The van der Waals surface area contributed by atoms with E-state index in [0.29, 0.717) is 11.1 Å². The first-order valence-corrected chi connectivity index (χ1v) is 21.5. The van der Waals surface area contributed by atoms with Crippen molar-refractivity contribution in [1.29, 1.82) is 0 Å². The van der Waals surface area contributed by atoms with Gasteiger partial charge in [-0.15, -0.1) is 21.9 Å². The molecule has 2 aliphatic carbocycles. The molecule has 2 fully saturated rings. The third-order valence-corrected chi connectivity index (χ3v) is 14.0. The van der Waals surface area contributed by atoms with Crippen LogP contribution in [0.15, 0.2) is 0 Å². The van der Waals surface area contributed by atoms with Gasteiger partial charge in [0.1, 0.15) is 52.4 Å². The van der Waals surface area contributed by atoms with Crippen molar-refractivity contribution in [2.24, 2.45) is 11.8 Å². The predicted molar refractivity (Wildman–Crippen MR) is 219 cm³/mol. The van der Waals surface area contributed by atoms with Crippen molar-refractivity contribution >= 4 is 28.0 Å². The fourth-order valence-electron chi connectivity index (χ4n) is 10.5. The van der Waals surface area contributed by atoms with Crippen molar-refractivity contribution in [2.45, 2.75) is 103 Å². The zero-order chi connectivity index (χ0) is 51.1. The van der Waals surface area contributed by atoms with E-state index in [-0.39, 0.29) is 28.4 Å². The van der Waals surface area contributed by atoms with Crippen LogP contribution in [0.25, 0.3) is 0 Å². The Kier molecular flexibility index (Phi) is 16.3. The van der Waals surface area contributed by atoms with E-state index in [0.717, 1.165) is 11.8 Å². The van der Waals surface area contributed by atoms with Crippen LogP contribution in [0.2, 0.25) is 0 Å². The Bertz CT molecular complexity index is 2240. The van der Waals surface area contributed by atoms with E-state index in [9.17, 15) is 17.6 Å². The second-order valence-electron chi connectivity index (χ2n) is 17.7. The topological polar surface area (TPSA) is 53.5 Å². The number of hydrogen-bond donors (Lipinski definition) is 1. The molecule has 0 unspecified atom stereocenters. The summed E-state index contributed by atoms with van der Waals surface area (Å²) < 4.78 is 263. The normalized spacial score (nSPS) is 15.9. The minimum atomic E-state index is -6.25. The number of methoxy groups -OCH3 is 4. The molecule has 2 aliphatic rings. The van der Waals surface area contributed by atoms with Crippen LogP contribution in [-0.2, 0) is 0 Å². The van der Waals surface area contributed by atoms with Crippen molar-refractivity contribution in [3.63, 3.8) is 0 Å². The van der Waals surface area contributed by atoms with E-state index in [2.05, 4.69) is 52.0 Å². The zero-order valence-electron chi connectivity index (χ0n) is 38.1. The van der Waals surface area contributed by atoms with Crippen molar-refractivity contribution in [1.82, 2.24) is 0 Å². The number of nitrogens with two attached hydrogens (primary N) is 1. The molecule has 4 aromatic rings. The van der Waals surface area contributed by atoms with Gasteiger partial charge in [0.15, 0.2) is 23.3 Å². The van der Waals surface area contributed by atoms with Crippen LogP contribution in [0.5, 0.6) is 23.0 Å². The Labute approximate surface area is 381 Å². The van der Waals surface area contributed by atoms with Gasteiger partial charge in [-0.05, 0) is 25.7 Å².